The van der Waals surface area contributed by atoms with Crippen molar-refractivity contribution in [2.75, 3.05) is 39.8 Å². The van der Waals surface area contributed by atoms with Gasteiger partial charge in [0.25, 0.3) is 5.91 Å². The molecule has 2 heterocycles. The van der Waals surface area contributed by atoms with Gasteiger partial charge in [-0.25, -0.2) is 0 Å². The molecule has 0 aromatic carbocycles. The molecule has 0 atom stereocenters. The summed E-state index contributed by atoms with van der Waals surface area (Å²) >= 11 is 1.49. The molecular weight excluding hydrogens is 310 g/mol. The van der Waals surface area contributed by atoms with Crippen LogP contribution in [0.25, 0.3) is 0 Å². The highest BCUT2D eigenvalue weighted by Gasteiger charge is 2.21. The van der Waals surface area contributed by atoms with Gasteiger partial charge in [0.05, 0.1) is 11.4 Å². The van der Waals surface area contributed by atoms with Crippen molar-refractivity contribution in [2.24, 2.45) is 0 Å². The third kappa shape index (κ3) is 4.43. The summed E-state index contributed by atoms with van der Waals surface area (Å²) < 4.78 is 0. The minimum Gasteiger partial charge on any atom is -0.339 e. The van der Waals surface area contributed by atoms with Gasteiger partial charge in [-0.15, -0.1) is 23.7 Å². The maximum absolute atomic E-state index is 12.3. The van der Waals surface area contributed by atoms with Crippen molar-refractivity contribution in [3.63, 3.8) is 0 Å². The molecular formula is C14H22ClN3O2S. The molecule has 1 N–H and O–H groups in total. The number of nitrogens with zero attached hydrogens (tertiary/aromatic N) is 2. The van der Waals surface area contributed by atoms with Crippen LogP contribution in [0.2, 0.25) is 0 Å². The third-order valence-electron chi connectivity index (χ3n) is 3.57. The first-order valence-electron chi connectivity index (χ1n) is 6.80. The Morgan fingerprint density at radius 3 is 2.48 bits per heavy atom. The molecule has 118 valence electrons. The fourth-order valence-electron chi connectivity index (χ4n) is 2.16. The molecule has 1 aliphatic rings. The number of halogens is 1. The summed E-state index contributed by atoms with van der Waals surface area (Å²) in [6, 6.07) is 1.90. The van der Waals surface area contributed by atoms with Crippen LogP contribution in [0.1, 0.15) is 20.1 Å². The summed E-state index contributed by atoms with van der Waals surface area (Å²) in [5.74, 6) is -0.0537. The molecule has 1 fully saturated rings. The van der Waals surface area contributed by atoms with E-state index in [1.165, 1.54) is 16.2 Å². The molecule has 7 heteroatoms. The molecule has 1 aliphatic heterocycles. The highest BCUT2D eigenvalue weighted by Crippen LogP contribution is 2.21. The third-order valence-corrected chi connectivity index (χ3v) is 4.71. The molecule has 0 unspecified atom stereocenters. The Bertz CT molecular complexity index is 493. The van der Waals surface area contributed by atoms with Gasteiger partial charge in [-0.1, -0.05) is 0 Å². The molecule has 1 aromatic heterocycles. The summed E-state index contributed by atoms with van der Waals surface area (Å²) in [5.41, 5.74) is 1.13. The first kappa shape index (κ1) is 17.9. The molecule has 0 aliphatic carbocycles. The molecule has 0 saturated carbocycles. The summed E-state index contributed by atoms with van der Waals surface area (Å²) in [5, 5.41) is 3.21. The van der Waals surface area contributed by atoms with Crippen LogP contribution in [0.5, 0.6) is 0 Å². The van der Waals surface area contributed by atoms with Gasteiger partial charge in [0.2, 0.25) is 5.91 Å². The first-order valence-corrected chi connectivity index (χ1v) is 7.61. The van der Waals surface area contributed by atoms with Crippen molar-refractivity contribution in [3.8, 4) is 0 Å². The van der Waals surface area contributed by atoms with E-state index in [1.54, 1.807) is 7.05 Å². The number of amides is 2. The number of carbonyl (C=O) groups excluding carboxylic acids is 2. The molecule has 2 amide bonds. The Hall–Kier alpha value is -1.11. The average Bonchev–Trinajstić information content (AvgIpc) is 2.78. The fraction of sp³-hybridized carbons (Fsp3) is 0.571. The van der Waals surface area contributed by atoms with E-state index in [9.17, 15) is 9.59 Å². The molecule has 1 saturated heterocycles. The Morgan fingerprint density at radius 2 is 1.95 bits per heavy atom. The lowest BCUT2D eigenvalue weighted by Gasteiger charge is -2.29. The maximum atomic E-state index is 12.3. The highest BCUT2D eigenvalue weighted by atomic mass is 35.5. The zero-order valence-corrected chi connectivity index (χ0v) is 14.3. The van der Waals surface area contributed by atoms with E-state index < -0.39 is 0 Å². The second-order valence-corrected chi connectivity index (χ2v) is 6.40. The molecule has 0 spiro atoms. The van der Waals surface area contributed by atoms with Gasteiger partial charge in [0, 0.05) is 38.1 Å². The van der Waals surface area contributed by atoms with E-state index in [-0.39, 0.29) is 30.8 Å². The predicted molar refractivity (Wildman–Crippen MR) is 87.5 cm³/mol. The van der Waals surface area contributed by atoms with E-state index in [0.717, 1.165) is 36.6 Å². The van der Waals surface area contributed by atoms with Crippen LogP contribution in [0.3, 0.4) is 0 Å². The average molecular weight is 332 g/mol. The largest absolute Gasteiger partial charge is 0.339 e. The lowest BCUT2D eigenvalue weighted by atomic mass is 10.2. The number of hydrogen-bond acceptors (Lipinski definition) is 4. The monoisotopic (exact) mass is 331 g/mol. The maximum Gasteiger partial charge on any atom is 0.264 e. The summed E-state index contributed by atoms with van der Waals surface area (Å²) in [6.07, 6.45) is 0. The Morgan fingerprint density at radius 1 is 1.33 bits per heavy atom. The van der Waals surface area contributed by atoms with E-state index in [0.29, 0.717) is 4.88 Å². The van der Waals surface area contributed by atoms with Crippen LogP contribution >= 0.6 is 23.7 Å². The molecule has 1 aromatic rings. The number of carbonyl (C=O) groups is 2. The van der Waals surface area contributed by atoms with E-state index >= 15 is 0 Å². The first-order chi connectivity index (χ1) is 9.49. The van der Waals surface area contributed by atoms with Crippen molar-refractivity contribution >= 4 is 35.6 Å². The van der Waals surface area contributed by atoms with Crippen molar-refractivity contribution in [3.05, 3.63) is 21.4 Å². The zero-order chi connectivity index (χ0) is 14.7. The van der Waals surface area contributed by atoms with Gasteiger partial charge in [-0.2, -0.15) is 0 Å². The molecule has 0 bridgehead atoms. The van der Waals surface area contributed by atoms with E-state index in [1.807, 2.05) is 24.8 Å². The number of thiophene rings is 1. The second-order valence-electron chi connectivity index (χ2n) is 5.14. The normalized spacial score (nSPS) is 14.5. The number of hydrogen-bond donors (Lipinski definition) is 1. The van der Waals surface area contributed by atoms with Crippen molar-refractivity contribution in [1.29, 1.82) is 0 Å². The summed E-state index contributed by atoms with van der Waals surface area (Å²) in [4.78, 5) is 29.6. The molecule has 5 nitrogen and oxygen atoms in total. The number of aryl methyl sites for hydroxylation is 2. The van der Waals surface area contributed by atoms with Crippen molar-refractivity contribution in [2.45, 2.75) is 13.8 Å². The molecule has 2 rings (SSSR count). The SMILES string of the molecule is Cc1cc(C(=O)N(C)CC(=O)N2CCNCC2)sc1C.Cl. The smallest absolute Gasteiger partial charge is 0.264 e. The fourth-order valence-corrected chi connectivity index (χ4v) is 3.18. The van der Waals surface area contributed by atoms with Gasteiger partial charge < -0.3 is 15.1 Å². The standard InChI is InChI=1S/C14H21N3O2S.ClH/c1-10-8-12(20-11(10)2)14(19)16(3)9-13(18)17-6-4-15-5-7-17;/h8,15H,4-7,9H2,1-3H3;1H. The Labute approximate surface area is 135 Å². The summed E-state index contributed by atoms with van der Waals surface area (Å²) in [7, 11) is 1.69. The number of nitrogens with one attached hydrogen (secondary N) is 1. The second kappa shape index (κ2) is 7.77. The number of piperazine rings is 1. The van der Waals surface area contributed by atoms with Gasteiger partial charge in [-0.3, -0.25) is 9.59 Å². The quantitative estimate of drug-likeness (QED) is 0.908. The van der Waals surface area contributed by atoms with Crippen molar-refractivity contribution < 1.29 is 9.59 Å². The molecule has 0 radical (unpaired) electrons. The lowest BCUT2D eigenvalue weighted by Crippen LogP contribution is -2.49. The van der Waals surface area contributed by atoms with Gasteiger partial charge in [0.15, 0.2) is 0 Å². The van der Waals surface area contributed by atoms with Gasteiger partial charge in [-0.05, 0) is 25.5 Å². The lowest BCUT2D eigenvalue weighted by molar-refractivity contribution is -0.132. The minimum atomic E-state index is -0.0744. The number of rotatable bonds is 3. The highest BCUT2D eigenvalue weighted by molar-refractivity contribution is 7.14. The van der Waals surface area contributed by atoms with Crippen LogP contribution in [0.15, 0.2) is 6.07 Å². The van der Waals surface area contributed by atoms with Crippen molar-refractivity contribution in [1.82, 2.24) is 15.1 Å². The zero-order valence-electron chi connectivity index (χ0n) is 12.6. The Balaban J connectivity index is 0.00000220. The van der Waals surface area contributed by atoms with Gasteiger partial charge in [0.1, 0.15) is 0 Å². The minimum absolute atomic E-state index is 0. The van der Waals surface area contributed by atoms with Crippen LogP contribution in [0, 0.1) is 13.8 Å². The topological polar surface area (TPSA) is 52.7 Å². The van der Waals surface area contributed by atoms with Crippen LogP contribution in [-0.2, 0) is 4.79 Å². The van der Waals surface area contributed by atoms with Gasteiger partial charge >= 0.3 is 0 Å². The van der Waals surface area contributed by atoms with E-state index in [2.05, 4.69) is 5.32 Å². The van der Waals surface area contributed by atoms with E-state index in [4.69, 9.17) is 0 Å². The van der Waals surface area contributed by atoms with Crippen LogP contribution < -0.4 is 5.32 Å². The Kier molecular flexibility index (Phi) is 6.64. The molecule has 21 heavy (non-hydrogen) atoms. The summed E-state index contributed by atoms with van der Waals surface area (Å²) in [6.45, 7) is 7.24. The van der Waals surface area contributed by atoms with Crippen LogP contribution in [0.4, 0.5) is 0 Å². The predicted octanol–water partition coefficient (Wildman–Crippen LogP) is 1.29. The van der Waals surface area contributed by atoms with Crippen LogP contribution in [-0.4, -0.2) is 61.4 Å². The number of likely N-dealkylation sites (N-methyl/N-ethyl adjacent to an activating group) is 1.